The zero-order valence-electron chi connectivity index (χ0n) is 20.6. The molecule has 0 amide bonds. The van der Waals surface area contributed by atoms with Crippen LogP contribution in [-0.4, -0.2) is 57.5 Å². The van der Waals surface area contributed by atoms with Gasteiger partial charge in [0, 0.05) is 37.9 Å². The molecule has 3 atom stereocenters. The SMILES string of the molecule is C[C@H](O)CCc1ccc(N2CCN(C[C@@H](O)c3ccc(CO)nc3)C[C@H]2c2ccc(F)cc2)c(N)c1. The Hall–Kier alpha value is -3.04. The molecule has 2 heterocycles. The molecule has 4 rings (SSSR count). The van der Waals surface area contributed by atoms with E-state index in [2.05, 4.69) is 20.9 Å². The molecule has 0 spiro atoms. The van der Waals surface area contributed by atoms with Crippen molar-refractivity contribution in [2.24, 2.45) is 0 Å². The fourth-order valence-electron chi connectivity index (χ4n) is 4.74. The molecule has 3 aromatic rings. The summed E-state index contributed by atoms with van der Waals surface area (Å²) in [7, 11) is 0. The van der Waals surface area contributed by atoms with Gasteiger partial charge in [-0.2, -0.15) is 0 Å². The smallest absolute Gasteiger partial charge is 0.123 e. The number of aromatic nitrogens is 1. The van der Waals surface area contributed by atoms with Crippen molar-refractivity contribution in [1.29, 1.82) is 0 Å². The highest BCUT2D eigenvalue weighted by molar-refractivity contribution is 5.69. The van der Waals surface area contributed by atoms with Gasteiger partial charge in [0.15, 0.2) is 0 Å². The molecule has 1 fully saturated rings. The van der Waals surface area contributed by atoms with E-state index in [4.69, 9.17) is 5.73 Å². The van der Waals surface area contributed by atoms with Crippen molar-refractivity contribution in [1.82, 2.24) is 9.88 Å². The van der Waals surface area contributed by atoms with E-state index in [0.717, 1.165) is 29.8 Å². The van der Waals surface area contributed by atoms with E-state index in [9.17, 15) is 19.7 Å². The highest BCUT2D eigenvalue weighted by atomic mass is 19.1. The molecule has 36 heavy (non-hydrogen) atoms. The Morgan fingerprint density at radius 1 is 1.08 bits per heavy atom. The molecule has 0 saturated carbocycles. The van der Waals surface area contributed by atoms with Crippen LogP contribution in [-0.2, 0) is 13.0 Å². The maximum Gasteiger partial charge on any atom is 0.123 e. The standard InChI is InChI=1S/C28H35FN4O3/c1-19(35)2-3-20-4-11-26(25(30)14-20)33-13-12-32(16-27(33)21-5-8-23(29)9-6-21)17-28(36)22-7-10-24(18-34)31-15-22/h4-11,14-15,19,27-28,34-36H,2-3,12-13,16-18,30H2,1H3/t19-,27-,28+/m0/s1. The minimum Gasteiger partial charge on any atom is -0.397 e. The molecule has 192 valence electrons. The van der Waals surface area contributed by atoms with Crippen molar-refractivity contribution in [3.8, 4) is 0 Å². The number of halogens is 1. The Kier molecular flexibility index (Phi) is 8.53. The van der Waals surface area contributed by atoms with Crippen molar-refractivity contribution >= 4 is 11.4 Å². The summed E-state index contributed by atoms with van der Waals surface area (Å²) in [5.41, 5.74) is 11.4. The first-order valence-corrected chi connectivity index (χ1v) is 12.4. The van der Waals surface area contributed by atoms with Gasteiger partial charge in [-0.3, -0.25) is 9.88 Å². The van der Waals surface area contributed by atoms with Crippen LogP contribution in [0.2, 0.25) is 0 Å². The quantitative estimate of drug-likeness (QED) is 0.339. The van der Waals surface area contributed by atoms with E-state index in [1.165, 1.54) is 12.1 Å². The van der Waals surface area contributed by atoms with Crippen molar-refractivity contribution in [3.63, 3.8) is 0 Å². The number of benzene rings is 2. The number of aliphatic hydroxyl groups excluding tert-OH is 3. The van der Waals surface area contributed by atoms with Crippen LogP contribution >= 0.6 is 0 Å². The summed E-state index contributed by atoms with van der Waals surface area (Å²) < 4.78 is 13.7. The fraction of sp³-hybridized carbons (Fsp3) is 0.393. The molecule has 2 aromatic carbocycles. The minimum absolute atomic E-state index is 0.0768. The largest absolute Gasteiger partial charge is 0.397 e. The summed E-state index contributed by atoms with van der Waals surface area (Å²) in [5.74, 6) is -0.283. The van der Waals surface area contributed by atoms with Crippen LogP contribution in [0.15, 0.2) is 60.8 Å². The van der Waals surface area contributed by atoms with Gasteiger partial charge in [0.05, 0.1) is 41.9 Å². The zero-order chi connectivity index (χ0) is 25.7. The first-order chi connectivity index (χ1) is 17.3. The lowest BCUT2D eigenvalue weighted by Gasteiger charge is -2.44. The van der Waals surface area contributed by atoms with Crippen LogP contribution in [0.4, 0.5) is 15.8 Å². The number of pyridine rings is 1. The lowest BCUT2D eigenvalue weighted by atomic mass is 9.99. The summed E-state index contributed by atoms with van der Waals surface area (Å²) >= 11 is 0. The lowest BCUT2D eigenvalue weighted by molar-refractivity contribution is 0.100. The lowest BCUT2D eigenvalue weighted by Crippen LogP contribution is -2.49. The third-order valence-electron chi connectivity index (χ3n) is 6.80. The molecule has 1 aromatic heterocycles. The number of aliphatic hydroxyl groups is 3. The molecule has 0 aliphatic carbocycles. The Morgan fingerprint density at radius 3 is 2.50 bits per heavy atom. The van der Waals surface area contributed by atoms with Crippen molar-refractivity contribution < 1.29 is 19.7 Å². The summed E-state index contributed by atoms with van der Waals surface area (Å²) in [4.78, 5) is 8.62. The molecule has 5 N–H and O–H groups in total. The van der Waals surface area contributed by atoms with Gasteiger partial charge in [-0.1, -0.05) is 24.3 Å². The topological polar surface area (TPSA) is 106 Å². The Morgan fingerprint density at radius 2 is 1.86 bits per heavy atom. The number of hydrogen-bond acceptors (Lipinski definition) is 7. The monoisotopic (exact) mass is 494 g/mol. The summed E-state index contributed by atoms with van der Waals surface area (Å²) in [6, 6.07) is 16.0. The van der Waals surface area contributed by atoms with E-state index < -0.39 is 6.10 Å². The highest BCUT2D eigenvalue weighted by Gasteiger charge is 2.30. The second-order valence-corrected chi connectivity index (χ2v) is 9.56. The predicted octanol–water partition coefficient (Wildman–Crippen LogP) is 3.21. The second-order valence-electron chi connectivity index (χ2n) is 9.56. The van der Waals surface area contributed by atoms with Crippen molar-refractivity contribution in [3.05, 3.63) is 89.0 Å². The van der Waals surface area contributed by atoms with E-state index in [-0.39, 0.29) is 24.6 Å². The molecular formula is C28H35FN4O3. The van der Waals surface area contributed by atoms with Crippen LogP contribution in [0.5, 0.6) is 0 Å². The molecule has 0 unspecified atom stereocenters. The number of β-amino-alcohol motifs (C(OH)–C–C–N with tert-alkyl or cyclic N) is 1. The van der Waals surface area contributed by atoms with Gasteiger partial charge in [0.2, 0.25) is 0 Å². The van der Waals surface area contributed by atoms with Crippen LogP contribution < -0.4 is 10.6 Å². The maximum atomic E-state index is 13.7. The normalized spacial score (nSPS) is 18.2. The number of rotatable bonds is 9. The minimum atomic E-state index is -0.719. The predicted molar refractivity (Wildman–Crippen MR) is 139 cm³/mol. The number of nitrogen functional groups attached to an aromatic ring is 1. The molecule has 1 aliphatic rings. The molecule has 7 nitrogen and oxygen atoms in total. The third kappa shape index (κ3) is 6.39. The molecular weight excluding hydrogens is 459 g/mol. The molecule has 8 heteroatoms. The summed E-state index contributed by atoms with van der Waals surface area (Å²) in [6.07, 6.45) is 1.95. The third-order valence-corrected chi connectivity index (χ3v) is 6.80. The molecule has 0 radical (unpaired) electrons. The Bertz CT molecular complexity index is 1120. The van der Waals surface area contributed by atoms with E-state index in [1.54, 1.807) is 37.4 Å². The summed E-state index contributed by atoms with van der Waals surface area (Å²) in [6.45, 7) is 4.12. The number of hydrogen-bond donors (Lipinski definition) is 4. The van der Waals surface area contributed by atoms with E-state index in [0.29, 0.717) is 43.0 Å². The molecule has 0 bridgehead atoms. The second kappa shape index (κ2) is 11.8. The van der Waals surface area contributed by atoms with Gasteiger partial charge < -0.3 is 26.0 Å². The Labute approximate surface area is 211 Å². The van der Waals surface area contributed by atoms with Crippen LogP contribution in [0.3, 0.4) is 0 Å². The van der Waals surface area contributed by atoms with Crippen molar-refractivity contribution in [2.75, 3.05) is 36.8 Å². The van der Waals surface area contributed by atoms with E-state index in [1.807, 2.05) is 12.1 Å². The van der Waals surface area contributed by atoms with Crippen LogP contribution in [0, 0.1) is 5.82 Å². The zero-order valence-corrected chi connectivity index (χ0v) is 20.6. The fourth-order valence-corrected chi connectivity index (χ4v) is 4.74. The first kappa shape index (κ1) is 26.0. The highest BCUT2D eigenvalue weighted by Crippen LogP contribution is 2.35. The number of nitrogens with two attached hydrogens (primary N) is 1. The number of nitrogens with zero attached hydrogens (tertiary/aromatic N) is 3. The molecule has 1 aliphatic heterocycles. The van der Waals surface area contributed by atoms with Crippen molar-refractivity contribution in [2.45, 2.75) is 44.6 Å². The van der Waals surface area contributed by atoms with Crippen LogP contribution in [0.25, 0.3) is 0 Å². The number of aryl methyl sites for hydroxylation is 1. The van der Waals surface area contributed by atoms with E-state index >= 15 is 0 Å². The molecule has 1 saturated heterocycles. The number of anilines is 2. The Balaban J connectivity index is 1.53. The van der Waals surface area contributed by atoms with Gasteiger partial charge in [-0.25, -0.2) is 4.39 Å². The maximum absolute atomic E-state index is 13.7. The van der Waals surface area contributed by atoms with Crippen LogP contribution in [0.1, 0.15) is 47.9 Å². The van der Waals surface area contributed by atoms with Gasteiger partial charge in [-0.05, 0) is 61.2 Å². The van der Waals surface area contributed by atoms with Gasteiger partial charge in [0.25, 0.3) is 0 Å². The average Bonchev–Trinajstić information content (AvgIpc) is 2.88. The van der Waals surface area contributed by atoms with Gasteiger partial charge >= 0.3 is 0 Å². The number of piperazine rings is 1. The van der Waals surface area contributed by atoms with Gasteiger partial charge in [0.1, 0.15) is 5.82 Å². The summed E-state index contributed by atoms with van der Waals surface area (Å²) in [5, 5.41) is 29.6. The average molecular weight is 495 g/mol. The first-order valence-electron chi connectivity index (χ1n) is 12.4. The van der Waals surface area contributed by atoms with Gasteiger partial charge in [-0.15, -0.1) is 0 Å².